The second-order valence-electron chi connectivity index (χ2n) is 7.30. The Hall–Kier alpha value is -2.04. The van der Waals surface area contributed by atoms with Crippen LogP contribution < -0.4 is 5.32 Å². The normalized spacial score (nSPS) is 16.4. The van der Waals surface area contributed by atoms with Crippen LogP contribution in [-0.4, -0.2) is 21.4 Å². The van der Waals surface area contributed by atoms with Crippen LogP contribution in [0.25, 0.3) is 11.0 Å². The van der Waals surface area contributed by atoms with Gasteiger partial charge in [-0.15, -0.1) is 0 Å². The van der Waals surface area contributed by atoms with Crippen LogP contribution in [0.2, 0.25) is 10.0 Å². The van der Waals surface area contributed by atoms with Crippen LogP contribution in [-0.2, 0) is 6.42 Å². The minimum absolute atomic E-state index is 0.119. The molecule has 1 heterocycles. The molecule has 0 radical (unpaired) electrons. The van der Waals surface area contributed by atoms with E-state index in [4.69, 9.17) is 28.2 Å². The van der Waals surface area contributed by atoms with Gasteiger partial charge >= 0.3 is 0 Å². The Labute approximate surface area is 168 Å². The molecule has 1 aromatic heterocycles. The number of hydrogen-bond acceptors (Lipinski definition) is 2. The molecule has 0 spiro atoms. The third kappa shape index (κ3) is 3.97. The van der Waals surface area contributed by atoms with Crippen molar-refractivity contribution in [2.45, 2.75) is 44.1 Å². The zero-order valence-electron chi connectivity index (χ0n) is 14.9. The summed E-state index contributed by atoms with van der Waals surface area (Å²) in [4.78, 5) is 21.0. The molecule has 1 aliphatic rings. The van der Waals surface area contributed by atoms with Gasteiger partial charge in [0, 0.05) is 17.5 Å². The number of para-hydroxylation sites is 2. The number of hydrogen-bond donors (Lipinski definition) is 2. The van der Waals surface area contributed by atoms with Gasteiger partial charge in [0.1, 0.15) is 5.82 Å². The SMILES string of the molecule is O=C(NC1(Cc2nc3ccccc3[nH]2)CCCCC1)c1ccc(Cl)c(Cl)c1. The number of aromatic nitrogens is 2. The highest BCUT2D eigenvalue weighted by molar-refractivity contribution is 6.42. The lowest BCUT2D eigenvalue weighted by atomic mass is 9.79. The van der Waals surface area contributed by atoms with E-state index in [1.165, 1.54) is 6.42 Å². The Balaban J connectivity index is 1.59. The molecule has 0 bridgehead atoms. The molecule has 0 atom stereocenters. The van der Waals surface area contributed by atoms with Gasteiger partial charge in [0.2, 0.25) is 0 Å². The third-order valence-corrected chi connectivity index (χ3v) is 6.05. The van der Waals surface area contributed by atoms with E-state index in [0.717, 1.165) is 42.5 Å². The Morgan fingerprint density at radius 3 is 2.59 bits per heavy atom. The minimum Gasteiger partial charge on any atom is -0.346 e. The van der Waals surface area contributed by atoms with Gasteiger partial charge < -0.3 is 10.3 Å². The van der Waals surface area contributed by atoms with E-state index in [1.807, 2.05) is 24.3 Å². The lowest BCUT2D eigenvalue weighted by molar-refractivity contribution is 0.0867. The third-order valence-electron chi connectivity index (χ3n) is 5.32. The number of aromatic amines is 1. The van der Waals surface area contributed by atoms with Crippen molar-refractivity contribution in [1.29, 1.82) is 0 Å². The van der Waals surface area contributed by atoms with Crippen LogP contribution >= 0.6 is 23.2 Å². The molecule has 0 aliphatic heterocycles. The molecular formula is C21H21Cl2N3O. The largest absolute Gasteiger partial charge is 0.346 e. The van der Waals surface area contributed by atoms with Gasteiger partial charge in [0.25, 0.3) is 5.91 Å². The van der Waals surface area contributed by atoms with Crippen LogP contribution in [0.15, 0.2) is 42.5 Å². The minimum atomic E-state index is -0.296. The van der Waals surface area contributed by atoms with Gasteiger partial charge in [-0.2, -0.15) is 0 Å². The standard InChI is InChI=1S/C21H21Cl2N3O/c22-15-9-8-14(12-16(15)23)20(27)26-21(10-4-1-5-11-21)13-19-24-17-6-2-3-7-18(17)25-19/h2-3,6-9,12H,1,4-5,10-11,13H2,(H,24,25)(H,26,27). The highest BCUT2D eigenvalue weighted by Gasteiger charge is 2.35. The number of benzene rings is 2. The summed E-state index contributed by atoms with van der Waals surface area (Å²) in [6.45, 7) is 0. The molecule has 4 nitrogen and oxygen atoms in total. The fourth-order valence-corrected chi connectivity index (χ4v) is 4.23. The van der Waals surface area contributed by atoms with Crippen molar-refractivity contribution in [2.24, 2.45) is 0 Å². The van der Waals surface area contributed by atoms with Crippen molar-refractivity contribution in [3.63, 3.8) is 0 Å². The molecule has 3 aromatic rings. The van der Waals surface area contributed by atoms with Gasteiger partial charge in [-0.05, 0) is 43.2 Å². The van der Waals surface area contributed by atoms with Crippen molar-refractivity contribution in [3.05, 3.63) is 63.9 Å². The summed E-state index contributed by atoms with van der Waals surface area (Å²) in [5.41, 5.74) is 2.21. The van der Waals surface area contributed by atoms with Gasteiger partial charge in [-0.1, -0.05) is 54.6 Å². The van der Waals surface area contributed by atoms with Crippen LogP contribution in [0.4, 0.5) is 0 Å². The molecule has 1 amide bonds. The molecule has 1 fully saturated rings. The number of nitrogens with zero attached hydrogens (tertiary/aromatic N) is 1. The first-order chi connectivity index (χ1) is 13.0. The maximum absolute atomic E-state index is 12.9. The lowest BCUT2D eigenvalue weighted by Crippen LogP contribution is -2.51. The fraction of sp³-hybridized carbons (Fsp3) is 0.333. The molecule has 0 saturated heterocycles. The molecule has 27 heavy (non-hydrogen) atoms. The summed E-state index contributed by atoms with van der Waals surface area (Å²) in [5.74, 6) is 0.791. The first kappa shape index (κ1) is 18.3. The quantitative estimate of drug-likeness (QED) is 0.602. The molecule has 2 N–H and O–H groups in total. The number of nitrogens with one attached hydrogen (secondary N) is 2. The zero-order chi connectivity index (χ0) is 18.9. The molecule has 1 saturated carbocycles. The molecule has 1 aliphatic carbocycles. The molecule has 2 aromatic carbocycles. The van der Waals surface area contributed by atoms with Crippen molar-refractivity contribution in [3.8, 4) is 0 Å². The van der Waals surface area contributed by atoms with Gasteiger partial charge in [0.05, 0.1) is 21.1 Å². The van der Waals surface area contributed by atoms with E-state index in [1.54, 1.807) is 18.2 Å². The predicted molar refractivity (Wildman–Crippen MR) is 110 cm³/mol. The highest BCUT2D eigenvalue weighted by Crippen LogP contribution is 2.32. The van der Waals surface area contributed by atoms with E-state index in [-0.39, 0.29) is 11.4 Å². The average molecular weight is 402 g/mol. The summed E-state index contributed by atoms with van der Waals surface area (Å²) >= 11 is 12.1. The van der Waals surface area contributed by atoms with E-state index in [0.29, 0.717) is 22.0 Å². The number of amides is 1. The average Bonchev–Trinajstić information content (AvgIpc) is 3.06. The molecular weight excluding hydrogens is 381 g/mol. The topological polar surface area (TPSA) is 57.8 Å². The summed E-state index contributed by atoms with van der Waals surface area (Å²) < 4.78 is 0. The molecule has 4 rings (SSSR count). The number of H-pyrrole nitrogens is 1. The van der Waals surface area contributed by atoms with Gasteiger partial charge in [-0.3, -0.25) is 4.79 Å². The number of rotatable bonds is 4. The van der Waals surface area contributed by atoms with Crippen molar-refractivity contribution in [2.75, 3.05) is 0 Å². The van der Waals surface area contributed by atoms with Crippen molar-refractivity contribution < 1.29 is 4.79 Å². The second-order valence-corrected chi connectivity index (χ2v) is 8.12. The van der Waals surface area contributed by atoms with E-state index >= 15 is 0 Å². The van der Waals surface area contributed by atoms with Crippen LogP contribution in [0.1, 0.15) is 48.3 Å². The van der Waals surface area contributed by atoms with E-state index in [9.17, 15) is 4.79 Å². The summed E-state index contributed by atoms with van der Waals surface area (Å²) in [6.07, 6.45) is 5.97. The fourth-order valence-electron chi connectivity index (χ4n) is 3.93. The van der Waals surface area contributed by atoms with Crippen molar-refractivity contribution >= 4 is 40.1 Å². The zero-order valence-corrected chi connectivity index (χ0v) is 16.4. The molecule has 140 valence electrons. The maximum atomic E-state index is 12.9. The predicted octanol–water partition coefficient (Wildman–Crippen LogP) is 5.55. The molecule has 6 heteroatoms. The smallest absolute Gasteiger partial charge is 0.251 e. The first-order valence-corrected chi connectivity index (χ1v) is 10.0. The first-order valence-electron chi connectivity index (χ1n) is 9.26. The monoisotopic (exact) mass is 401 g/mol. The number of fused-ring (bicyclic) bond motifs is 1. The number of halogens is 2. The Bertz CT molecular complexity index is 943. The Kier molecular flexibility index (Phi) is 5.11. The van der Waals surface area contributed by atoms with Gasteiger partial charge in [-0.25, -0.2) is 4.98 Å². The summed E-state index contributed by atoms with van der Waals surface area (Å²) in [5, 5.41) is 4.12. The maximum Gasteiger partial charge on any atom is 0.251 e. The second kappa shape index (κ2) is 7.53. The summed E-state index contributed by atoms with van der Waals surface area (Å²) in [6, 6.07) is 13.0. The lowest BCUT2D eigenvalue weighted by Gasteiger charge is -2.37. The van der Waals surface area contributed by atoms with Crippen LogP contribution in [0.5, 0.6) is 0 Å². The number of imidazole rings is 1. The Morgan fingerprint density at radius 1 is 1.07 bits per heavy atom. The Morgan fingerprint density at radius 2 is 1.85 bits per heavy atom. The van der Waals surface area contributed by atoms with E-state index in [2.05, 4.69) is 10.3 Å². The number of carbonyl (C=O) groups excluding carboxylic acids is 1. The molecule has 0 unspecified atom stereocenters. The highest BCUT2D eigenvalue weighted by atomic mass is 35.5. The van der Waals surface area contributed by atoms with Crippen LogP contribution in [0, 0.1) is 0 Å². The summed E-state index contributed by atoms with van der Waals surface area (Å²) in [7, 11) is 0. The van der Waals surface area contributed by atoms with E-state index < -0.39 is 0 Å². The van der Waals surface area contributed by atoms with Crippen LogP contribution in [0.3, 0.4) is 0 Å². The van der Waals surface area contributed by atoms with Crippen molar-refractivity contribution in [1.82, 2.24) is 15.3 Å². The van der Waals surface area contributed by atoms with Gasteiger partial charge in [0.15, 0.2) is 0 Å². The number of carbonyl (C=O) groups is 1.